The normalized spacial score (nSPS) is 19.5. The molecular weight excluding hydrogens is 238 g/mol. The van der Waals surface area contributed by atoms with E-state index in [1.165, 1.54) is 12.8 Å². The average Bonchev–Trinajstić information content (AvgIpc) is 3.08. The van der Waals surface area contributed by atoms with Crippen molar-refractivity contribution in [2.75, 3.05) is 0 Å². The molecule has 4 heteroatoms. The van der Waals surface area contributed by atoms with Crippen LogP contribution in [0.25, 0.3) is 0 Å². The number of aromatic nitrogens is 2. The van der Waals surface area contributed by atoms with Crippen molar-refractivity contribution in [3.63, 3.8) is 0 Å². The van der Waals surface area contributed by atoms with Gasteiger partial charge in [0.2, 0.25) is 11.8 Å². The largest absolute Gasteiger partial charge is 0.423 e. The van der Waals surface area contributed by atoms with Crippen LogP contribution in [0.1, 0.15) is 56.0 Å². The van der Waals surface area contributed by atoms with Gasteiger partial charge in [-0.1, -0.05) is 50.1 Å². The summed E-state index contributed by atoms with van der Waals surface area (Å²) in [6.07, 6.45) is 4.71. The zero-order valence-electron chi connectivity index (χ0n) is 11.2. The van der Waals surface area contributed by atoms with Crippen LogP contribution < -0.4 is 5.73 Å². The highest BCUT2D eigenvalue weighted by Crippen LogP contribution is 2.40. The molecule has 2 N–H and O–H groups in total. The molecule has 4 nitrogen and oxygen atoms in total. The molecule has 100 valence electrons. The fourth-order valence-corrected chi connectivity index (χ4v) is 2.78. The van der Waals surface area contributed by atoms with Crippen molar-refractivity contribution in [3.05, 3.63) is 47.7 Å². The van der Waals surface area contributed by atoms with E-state index < -0.39 is 0 Å². The molecule has 0 spiro atoms. The highest BCUT2D eigenvalue weighted by molar-refractivity contribution is 5.23. The third-order valence-electron chi connectivity index (χ3n) is 4.09. The third-order valence-corrected chi connectivity index (χ3v) is 4.09. The maximum Gasteiger partial charge on any atom is 0.237 e. The van der Waals surface area contributed by atoms with E-state index in [4.69, 9.17) is 10.2 Å². The zero-order valence-corrected chi connectivity index (χ0v) is 11.2. The predicted octanol–water partition coefficient (Wildman–Crippen LogP) is 2.95. The second kappa shape index (κ2) is 4.78. The van der Waals surface area contributed by atoms with Gasteiger partial charge in [0.1, 0.15) is 6.04 Å². The van der Waals surface area contributed by atoms with E-state index in [-0.39, 0.29) is 11.5 Å². The van der Waals surface area contributed by atoms with E-state index in [1.54, 1.807) is 0 Å². The number of hydrogen-bond acceptors (Lipinski definition) is 4. The van der Waals surface area contributed by atoms with Gasteiger partial charge in [-0.25, -0.2) is 0 Å². The van der Waals surface area contributed by atoms with Gasteiger partial charge < -0.3 is 10.2 Å². The highest BCUT2D eigenvalue weighted by atomic mass is 16.4. The van der Waals surface area contributed by atoms with E-state index in [0.29, 0.717) is 5.89 Å². The Morgan fingerprint density at radius 1 is 1.16 bits per heavy atom. The average molecular weight is 257 g/mol. The molecule has 0 bridgehead atoms. The zero-order chi connectivity index (χ0) is 13.3. The van der Waals surface area contributed by atoms with Crippen LogP contribution in [0.4, 0.5) is 0 Å². The summed E-state index contributed by atoms with van der Waals surface area (Å²) in [5.74, 6) is 1.25. The van der Waals surface area contributed by atoms with E-state index >= 15 is 0 Å². The van der Waals surface area contributed by atoms with Crippen LogP contribution in [0.2, 0.25) is 0 Å². The lowest BCUT2D eigenvalue weighted by Crippen LogP contribution is -2.17. The molecule has 1 aliphatic carbocycles. The fourth-order valence-electron chi connectivity index (χ4n) is 2.78. The Bertz CT molecular complexity index is 544. The second-order valence-electron chi connectivity index (χ2n) is 5.60. The molecule has 2 aromatic rings. The van der Waals surface area contributed by atoms with Crippen molar-refractivity contribution in [2.45, 2.75) is 44.1 Å². The Kier molecular flexibility index (Phi) is 3.11. The maximum absolute atomic E-state index is 6.18. The summed E-state index contributed by atoms with van der Waals surface area (Å²) >= 11 is 0. The molecule has 0 amide bonds. The molecule has 0 aliphatic heterocycles. The van der Waals surface area contributed by atoms with Gasteiger partial charge in [0.15, 0.2) is 0 Å². The van der Waals surface area contributed by atoms with Crippen molar-refractivity contribution in [1.82, 2.24) is 10.2 Å². The summed E-state index contributed by atoms with van der Waals surface area (Å²) in [7, 11) is 0. The molecule has 1 fully saturated rings. The third kappa shape index (κ3) is 2.28. The first-order valence-electron chi connectivity index (χ1n) is 6.83. The molecule has 0 saturated heterocycles. The van der Waals surface area contributed by atoms with Crippen molar-refractivity contribution >= 4 is 0 Å². The Hall–Kier alpha value is -1.68. The molecule has 1 aromatic carbocycles. The van der Waals surface area contributed by atoms with Crippen LogP contribution in [0.5, 0.6) is 0 Å². The summed E-state index contributed by atoms with van der Waals surface area (Å²) in [4.78, 5) is 0. The minimum atomic E-state index is -0.340. The topological polar surface area (TPSA) is 64.9 Å². The minimum absolute atomic E-state index is 0.0433. The molecule has 1 aromatic heterocycles. The van der Waals surface area contributed by atoms with Crippen LogP contribution in [0.3, 0.4) is 0 Å². The van der Waals surface area contributed by atoms with Gasteiger partial charge in [-0.3, -0.25) is 0 Å². The predicted molar refractivity (Wildman–Crippen MR) is 72.6 cm³/mol. The quantitative estimate of drug-likeness (QED) is 0.918. The lowest BCUT2D eigenvalue weighted by Gasteiger charge is -2.17. The smallest absolute Gasteiger partial charge is 0.237 e. The first kappa shape index (κ1) is 12.4. The monoisotopic (exact) mass is 257 g/mol. The van der Waals surface area contributed by atoms with Gasteiger partial charge in [-0.2, -0.15) is 0 Å². The Labute approximate surface area is 113 Å². The molecule has 0 radical (unpaired) electrons. The molecule has 1 saturated carbocycles. The van der Waals surface area contributed by atoms with Gasteiger partial charge in [-0.15, -0.1) is 10.2 Å². The SMILES string of the molecule is CC1(c2nnc(C(N)c3ccccc3)o2)CCCC1. The van der Waals surface area contributed by atoms with Crippen molar-refractivity contribution in [2.24, 2.45) is 5.73 Å². The van der Waals surface area contributed by atoms with E-state index in [1.807, 2.05) is 30.3 Å². The van der Waals surface area contributed by atoms with Crippen LogP contribution in [0, 0.1) is 0 Å². The number of hydrogen-bond donors (Lipinski definition) is 1. The minimum Gasteiger partial charge on any atom is -0.423 e. The first-order valence-corrected chi connectivity index (χ1v) is 6.83. The van der Waals surface area contributed by atoms with Gasteiger partial charge in [-0.05, 0) is 18.4 Å². The summed E-state index contributed by atoms with van der Waals surface area (Å²) in [6.45, 7) is 2.20. The molecule has 1 unspecified atom stereocenters. The number of benzene rings is 1. The highest BCUT2D eigenvalue weighted by Gasteiger charge is 2.36. The molecular formula is C15H19N3O. The van der Waals surface area contributed by atoms with E-state index in [0.717, 1.165) is 24.3 Å². The van der Waals surface area contributed by atoms with Gasteiger partial charge in [0, 0.05) is 5.41 Å². The summed E-state index contributed by atoms with van der Waals surface area (Å²) in [6, 6.07) is 9.51. The first-order chi connectivity index (χ1) is 9.19. The Balaban J connectivity index is 1.85. The number of nitrogens with zero attached hydrogens (tertiary/aromatic N) is 2. The fraction of sp³-hybridized carbons (Fsp3) is 0.467. The van der Waals surface area contributed by atoms with E-state index in [9.17, 15) is 0 Å². The molecule has 1 heterocycles. The molecule has 3 rings (SSSR count). The lowest BCUT2D eigenvalue weighted by atomic mass is 9.89. The Morgan fingerprint density at radius 2 is 1.84 bits per heavy atom. The maximum atomic E-state index is 6.18. The van der Waals surface area contributed by atoms with Gasteiger partial charge >= 0.3 is 0 Å². The summed E-state index contributed by atoms with van der Waals surface area (Å²) in [5.41, 5.74) is 7.21. The van der Waals surface area contributed by atoms with Crippen LogP contribution in [-0.2, 0) is 5.41 Å². The van der Waals surface area contributed by atoms with E-state index in [2.05, 4.69) is 17.1 Å². The van der Waals surface area contributed by atoms with Gasteiger partial charge in [0.05, 0.1) is 0 Å². The summed E-state index contributed by atoms with van der Waals surface area (Å²) in [5, 5.41) is 8.36. The number of nitrogens with two attached hydrogens (primary N) is 1. The van der Waals surface area contributed by atoms with Crippen LogP contribution >= 0.6 is 0 Å². The molecule has 19 heavy (non-hydrogen) atoms. The summed E-state index contributed by atoms with van der Waals surface area (Å²) < 4.78 is 5.84. The van der Waals surface area contributed by atoms with Crippen molar-refractivity contribution in [1.29, 1.82) is 0 Å². The lowest BCUT2D eigenvalue weighted by molar-refractivity contribution is 0.332. The van der Waals surface area contributed by atoms with Crippen molar-refractivity contribution < 1.29 is 4.42 Å². The number of rotatable bonds is 3. The standard InChI is InChI=1S/C15H19N3O/c1-15(9-5-6-10-15)14-18-17-13(19-14)12(16)11-7-3-2-4-8-11/h2-4,7-8,12H,5-6,9-10,16H2,1H3. The van der Waals surface area contributed by atoms with Crippen LogP contribution in [-0.4, -0.2) is 10.2 Å². The van der Waals surface area contributed by atoms with Crippen molar-refractivity contribution in [3.8, 4) is 0 Å². The Morgan fingerprint density at radius 3 is 2.53 bits per heavy atom. The molecule has 1 atom stereocenters. The second-order valence-corrected chi connectivity index (χ2v) is 5.60. The molecule has 1 aliphatic rings. The van der Waals surface area contributed by atoms with Crippen LogP contribution in [0.15, 0.2) is 34.7 Å². The van der Waals surface area contributed by atoms with Gasteiger partial charge in [0.25, 0.3) is 0 Å².